The summed E-state index contributed by atoms with van der Waals surface area (Å²) in [5.41, 5.74) is 1.81. The average Bonchev–Trinajstić information content (AvgIpc) is 3.12. The maximum atomic E-state index is 12.8. The molecule has 3 aromatic rings. The highest BCUT2D eigenvalue weighted by molar-refractivity contribution is 8.01. The van der Waals surface area contributed by atoms with E-state index >= 15 is 0 Å². The molecule has 0 saturated carbocycles. The molecule has 6 nitrogen and oxygen atoms in total. The Morgan fingerprint density at radius 2 is 1.72 bits per heavy atom. The van der Waals surface area contributed by atoms with Crippen LogP contribution in [0.3, 0.4) is 0 Å². The van der Waals surface area contributed by atoms with Crippen LogP contribution in [0.4, 0.5) is 11.4 Å². The van der Waals surface area contributed by atoms with Crippen LogP contribution >= 0.6 is 35.1 Å². The number of piperidine rings is 1. The van der Waals surface area contributed by atoms with Gasteiger partial charge in [0.05, 0.1) is 26.1 Å². The third-order valence-electron chi connectivity index (χ3n) is 4.78. The number of aromatic nitrogens is 1. The molecule has 0 amide bonds. The molecule has 1 saturated heterocycles. The maximum Gasteiger partial charge on any atom is 0.261 e. The minimum atomic E-state index is -3.76. The molecule has 154 valence electrons. The van der Waals surface area contributed by atoms with Crippen LogP contribution < -0.4 is 14.8 Å². The average molecular weight is 471 g/mol. The van der Waals surface area contributed by atoms with Gasteiger partial charge >= 0.3 is 0 Å². The van der Waals surface area contributed by atoms with E-state index in [1.54, 1.807) is 54.5 Å². The van der Waals surface area contributed by atoms with Gasteiger partial charge in [0.2, 0.25) is 0 Å². The summed E-state index contributed by atoms with van der Waals surface area (Å²) in [6.45, 7) is 2.07. The van der Waals surface area contributed by atoms with Crippen molar-refractivity contribution in [3.63, 3.8) is 0 Å². The highest BCUT2D eigenvalue weighted by Gasteiger charge is 2.18. The second-order valence-corrected chi connectivity index (χ2v) is 10.4. The molecule has 10 heteroatoms. The predicted octanol–water partition coefficient (Wildman–Crippen LogP) is 5.09. The molecule has 1 aliphatic heterocycles. The molecule has 1 aromatic heterocycles. The molecule has 0 atom stereocenters. The molecule has 0 unspecified atom stereocenters. The second-order valence-electron chi connectivity index (χ2n) is 6.78. The van der Waals surface area contributed by atoms with Crippen molar-refractivity contribution in [1.82, 2.24) is 10.3 Å². The predicted molar refractivity (Wildman–Crippen MR) is 123 cm³/mol. The summed E-state index contributed by atoms with van der Waals surface area (Å²) in [6.07, 6.45) is 3.81. The van der Waals surface area contributed by atoms with Crippen molar-refractivity contribution in [2.75, 3.05) is 22.5 Å². The van der Waals surface area contributed by atoms with Crippen molar-refractivity contribution < 1.29 is 8.42 Å². The number of H-pyrrole nitrogens is 1. The molecule has 2 heterocycles. The number of sulfonamides is 1. The fourth-order valence-corrected chi connectivity index (χ4v) is 5.76. The Hall–Kier alpha value is -1.58. The molecule has 0 aliphatic carbocycles. The standard InChI is InChI=1S/C19H20Cl2N4O2S2/c20-15-5-6-17(19-18(15)16(21)11-23-19)25-29(26,27)14-3-1-12(2-4-14)24-28-13-7-9-22-10-8-13/h1-6,11,13,22-25H,7-10H2. The lowest BCUT2D eigenvalue weighted by Gasteiger charge is -2.22. The van der Waals surface area contributed by atoms with E-state index in [4.69, 9.17) is 23.2 Å². The summed E-state index contributed by atoms with van der Waals surface area (Å²) >= 11 is 14.0. The van der Waals surface area contributed by atoms with Crippen molar-refractivity contribution >= 4 is 67.5 Å². The maximum absolute atomic E-state index is 12.8. The van der Waals surface area contributed by atoms with E-state index in [0.717, 1.165) is 31.6 Å². The molecule has 0 radical (unpaired) electrons. The third kappa shape index (κ3) is 4.62. The third-order valence-corrected chi connectivity index (χ3v) is 7.93. The number of hydrogen-bond donors (Lipinski definition) is 4. The Balaban J connectivity index is 1.48. The quantitative estimate of drug-likeness (QED) is 0.377. The van der Waals surface area contributed by atoms with Crippen LogP contribution in [0.1, 0.15) is 12.8 Å². The Morgan fingerprint density at radius 3 is 2.45 bits per heavy atom. The van der Waals surface area contributed by atoms with E-state index in [0.29, 0.717) is 31.9 Å². The number of anilines is 2. The SMILES string of the molecule is O=S(=O)(Nc1ccc(Cl)c2c(Cl)c[nH]c12)c1ccc(NSC2CCNCC2)cc1. The zero-order valence-corrected chi connectivity index (χ0v) is 18.5. The molecule has 4 rings (SSSR count). The van der Waals surface area contributed by atoms with Crippen LogP contribution in [0.15, 0.2) is 47.5 Å². The molecule has 4 N–H and O–H groups in total. The number of fused-ring (bicyclic) bond motifs is 1. The molecule has 29 heavy (non-hydrogen) atoms. The first-order valence-corrected chi connectivity index (χ1v) is 12.3. The van der Waals surface area contributed by atoms with Gasteiger partial charge in [0.15, 0.2) is 0 Å². The van der Waals surface area contributed by atoms with Gasteiger partial charge in [0.25, 0.3) is 10.0 Å². The Kier molecular flexibility index (Phi) is 6.17. The van der Waals surface area contributed by atoms with Crippen LogP contribution in [0, 0.1) is 0 Å². The molecule has 1 fully saturated rings. The summed E-state index contributed by atoms with van der Waals surface area (Å²) in [7, 11) is -3.76. The van der Waals surface area contributed by atoms with Crippen LogP contribution in [0.25, 0.3) is 10.9 Å². The number of halogens is 2. The van der Waals surface area contributed by atoms with E-state index in [2.05, 4.69) is 19.7 Å². The lowest BCUT2D eigenvalue weighted by atomic mass is 10.2. The fraction of sp³-hybridized carbons (Fsp3) is 0.263. The van der Waals surface area contributed by atoms with Crippen molar-refractivity contribution in [2.45, 2.75) is 23.0 Å². The Morgan fingerprint density at radius 1 is 1.00 bits per heavy atom. The molecule has 0 bridgehead atoms. The van der Waals surface area contributed by atoms with E-state index in [1.165, 1.54) is 0 Å². The topological polar surface area (TPSA) is 86.0 Å². The minimum absolute atomic E-state index is 0.177. The van der Waals surface area contributed by atoms with E-state index in [-0.39, 0.29) is 4.90 Å². The van der Waals surface area contributed by atoms with Gasteiger partial charge in [-0.15, -0.1) is 0 Å². The van der Waals surface area contributed by atoms with E-state index < -0.39 is 10.0 Å². The first kappa shape index (κ1) is 20.7. The lowest BCUT2D eigenvalue weighted by molar-refractivity contribution is 0.532. The molecular formula is C19H20Cl2N4O2S2. The van der Waals surface area contributed by atoms with Gasteiger partial charge in [-0.3, -0.25) is 4.72 Å². The minimum Gasteiger partial charge on any atom is -0.358 e. The zero-order chi connectivity index (χ0) is 20.4. The van der Waals surface area contributed by atoms with Crippen molar-refractivity contribution in [3.8, 4) is 0 Å². The largest absolute Gasteiger partial charge is 0.358 e. The fourth-order valence-electron chi connectivity index (χ4n) is 3.22. The highest BCUT2D eigenvalue weighted by atomic mass is 35.5. The Labute approximate surface area is 183 Å². The second kappa shape index (κ2) is 8.65. The first-order chi connectivity index (χ1) is 13.9. The van der Waals surface area contributed by atoms with Crippen LogP contribution in [0.5, 0.6) is 0 Å². The summed E-state index contributed by atoms with van der Waals surface area (Å²) in [5.74, 6) is 0. The van der Waals surface area contributed by atoms with Crippen LogP contribution in [0.2, 0.25) is 10.0 Å². The molecular weight excluding hydrogens is 451 g/mol. The molecule has 0 spiro atoms. The van der Waals surface area contributed by atoms with Gasteiger partial charge in [0, 0.05) is 22.5 Å². The van der Waals surface area contributed by atoms with Crippen LogP contribution in [-0.2, 0) is 10.0 Å². The number of aromatic amines is 1. The van der Waals surface area contributed by atoms with Gasteiger partial charge in [-0.1, -0.05) is 23.2 Å². The Bertz CT molecular complexity index is 1110. The van der Waals surface area contributed by atoms with Gasteiger partial charge in [-0.2, -0.15) is 0 Å². The number of benzene rings is 2. The number of nitrogens with one attached hydrogen (secondary N) is 4. The number of hydrogen-bond acceptors (Lipinski definition) is 5. The molecule has 2 aromatic carbocycles. The summed E-state index contributed by atoms with van der Waals surface area (Å²) in [5, 5.41) is 5.38. The van der Waals surface area contributed by atoms with Crippen LogP contribution in [-0.4, -0.2) is 31.7 Å². The van der Waals surface area contributed by atoms with E-state index in [9.17, 15) is 8.42 Å². The van der Waals surface area contributed by atoms with E-state index in [1.807, 2.05) is 0 Å². The van der Waals surface area contributed by atoms with Gasteiger partial charge in [-0.25, -0.2) is 8.42 Å². The summed E-state index contributed by atoms with van der Waals surface area (Å²) < 4.78 is 31.6. The first-order valence-electron chi connectivity index (χ1n) is 9.14. The van der Waals surface area contributed by atoms with Gasteiger partial charge in [0.1, 0.15) is 0 Å². The summed E-state index contributed by atoms with van der Waals surface area (Å²) in [4.78, 5) is 3.14. The normalized spacial score (nSPS) is 15.5. The van der Waals surface area contributed by atoms with Crippen molar-refractivity contribution in [1.29, 1.82) is 0 Å². The highest BCUT2D eigenvalue weighted by Crippen LogP contribution is 2.35. The molecule has 1 aliphatic rings. The van der Waals surface area contributed by atoms with Gasteiger partial charge in [-0.05, 0) is 74.3 Å². The van der Waals surface area contributed by atoms with Crippen molar-refractivity contribution in [2.24, 2.45) is 0 Å². The lowest BCUT2D eigenvalue weighted by Crippen LogP contribution is -2.29. The smallest absolute Gasteiger partial charge is 0.261 e. The zero-order valence-electron chi connectivity index (χ0n) is 15.3. The van der Waals surface area contributed by atoms with Crippen molar-refractivity contribution in [3.05, 3.63) is 52.6 Å². The number of rotatable bonds is 6. The monoisotopic (exact) mass is 470 g/mol. The van der Waals surface area contributed by atoms with Gasteiger partial charge < -0.3 is 15.0 Å². The summed E-state index contributed by atoms with van der Waals surface area (Å²) in [6, 6.07) is 9.94.